The second kappa shape index (κ2) is 5.19. The highest BCUT2D eigenvalue weighted by molar-refractivity contribution is 6.31. The van der Waals surface area contributed by atoms with Crippen LogP contribution >= 0.6 is 11.6 Å². The van der Waals surface area contributed by atoms with Crippen molar-refractivity contribution >= 4 is 23.0 Å². The van der Waals surface area contributed by atoms with Gasteiger partial charge in [0.25, 0.3) is 0 Å². The molecule has 0 saturated heterocycles. The minimum Gasteiger partial charge on any atom is -0.397 e. The van der Waals surface area contributed by atoms with E-state index in [4.69, 9.17) is 22.1 Å². The van der Waals surface area contributed by atoms with Crippen LogP contribution in [0.1, 0.15) is 0 Å². The van der Waals surface area contributed by atoms with Gasteiger partial charge in [0.05, 0.1) is 23.0 Å². The third kappa shape index (κ3) is 2.97. The molecule has 0 heterocycles. The quantitative estimate of drug-likeness (QED) is 0.809. The zero-order valence-electron chi connectivity index (χ0n) is 8.76. The van der Waals surface area contributed by atoms with Crippen LogP contribution in [0, 0.1) is 5.82 Å². The molecule has 0 aliphatic carbocycles. The molecule has 0 bridgehead atoms. The number of halogens is 2. The minimum absolute atomic E-state index is 0.0383. The predicted octanol–water partition coefficient (Wildman–Crippen LogP) is 2.14. The third-order valence-electron chi connectivity index (χ3n) is 2.11. The van der Waals surface area contributed by atoms with E-state index in [0.717, 1.165) is 0 Å². The largest absolute Gasteiger partial charge is 0.397 e. The van der Waals surface area contributed by atoms with Crippen LogP contribution in [0.25, 0.3) is 0 Å². The molecule has 0 aromatic heterocycles. The number of hydrogen-bond donors (Lipinski definition) is 1. The van der Waals surface area contributed by atoms with Crippen LogP contribution in [0.4, 0.5) is 15.8 Å². The molecule has 84 valence electrons. The van der Waals surface area contributed by atoms with Gasteiger partial charge in [-0.25, -0.2) is 4.39 Å². The molecule has 5 heteroatoms. The van der Waals surface area contributed by atoms with Crippen molar-refractivity contribution in [3.8, 4) is 0 Å². The molecule has 0 aliphatic heterocycles. The van der Waals surface area contributed by atoms with E-state index in [0.29, 0.717) is 24.5 Å². The monoisotopic (exact) mass is 232 g/mol. The molecule has 1 rings (SSSR count). The smallest absolute Gasteiger partial charge is 0.144 e. The van der Waals surface area contributed by atoms with Crippen molar-refractivity contribution in [2.24, 2.45) is 0 Å². The summed E-state index contributed by atoms with van der Waals surface area (Å²) in [5.41, 5.74) is 6.81. The molecule has 0 atom stereocenters. The van der Waals surface area contributed by atoms with Crippen LogP contribution < -0.4 is 10.6 Å². The normalized spacial score (nSPS) is 10.4. The number of nitrogens with zero attached hydrogens (tertiary/aromatic N) is 1. The first-order valence-corrected chi connectivity index (χ1v) is 4.88. The van der Waals surface area contributed by atoms with Gasteiger partial charge in [0.15, 0.2) is 0 Å². The Labute approximate surface area is 93.6 Å². The molecule has 0 fully saturated rings. The van der Waals surface area contributed by atoms with E-state index in [9.17, 15) is 4.39 Å². The first-order valence-electron chi connectivity index (χ1n) is 4.51. The number of anilines is 2. The molecule has 1 aromatic rings. The second-order valence-corrected chi connectivity index (χ2v) is 3.65. The van der Waals surface area contributed by atoms with Gasteiger partial charge in [0.1, 0.15) is 5.82 Å². The fourth-order valence-corrected chi connectivity index (χ4v) is 1.40. The SMILES string of the molecule is COCCN(C)c1cc(F)c(Cl)cc1N. The van der Waals surface area contributed by atoms with Crippen molar-refractivity contribution in [3.63, 3.8) is 0 Å². The van der Waals surface area contributed by atoms with Crippen LogP contribution in [0.15, 0.2) is 12.1 Å². The lowest BCUT2D eigenvalue weighted by Gasteiger charge is -2.20. The first-order chi connectivity index (χ1) is 7.06. The van der Waals surface area contributed by atoms with E-state index >= 15 is 0 Å². The number of likely N-dealkylation sites (N-methyl/N-ethyl adjacent to an activating group) is 1. The fourth-order valence-electron chi connectivity index (χ4n) is 1.23. The Hall–Kier alpha value is -1.00. The number of rotatable bonds is 4. The summed E-state index contributed by atoms with van der Waals surface area (Å²) in [6.07, 6.45) is 0. The number of ether oxygens (including phenoxy) is 1. The van der Waals surface area contributed by atoms with E-state index in [1.54, 1.807) is 7.11 Å². The van der Waals surface area contributed by atoms with Crippen LogP contribution in [-0.2, 0) is 4.74 Å². The lowest BCUT2D eigenvalue weighted by Crippen LogP contribution is -2.23. The zero-order chi connectivity index (χ0) is 11.4. The van der Waals surface area contributed by atoms with E-state index in [1.807, 2.05) is 11.9 Å². The molecule has 2 N–H and O–H groups in total. The van der Waals surface area contributed by atoms with Crippen LogP contribution in [0.5, 0.6) is 0 Å². The maximum absolute atomic E-state index is 13.2. The highest BCUT2D eigenvalue weighted by Gasteiger charge is 2.09. The van der Waals surface area contributed by atoms with Gasteiger partial charge in [-0.2, -0.15) is 0 Å². The summed E-state index contributed by atoms with van der Waals surface area (Å²) in [6.45, 7) is 1.20. The molecule has 1 aromatic carbocycles. The summed E-state index contributed by atoms with van der Waals surface area (Å²) in [7, 11) is 3.43. The average Bonchev–Trinajstić information content (AvgIpc) is 2.20. The summed E-state index contributed by atoms with van der Waals surface area (Å²) < 4.78 is 18.1. The maximum Gasteiger partial charge on any atom is 0.144 e. The molecule has 0 amide bonds. The van der Waals surface area contributed by atoms with Crippen LogP contribution in [-0.4, -0.2) is 27.3 Å². The van der Waals surface area contributed by atoms with E-state index in [2.05, 4.69) is 0 Å². The van der Waals surface area contributed by atoms with Gasteiger partial charge in [-0.3, -0.25) is 0 Å². The highest BCUT2D eigenvalue weighted by Crippen LogP contribution is 2.28. The Kier molecular flexibility index (Phi) is 4.17. The summed E-state index contributed by atoms with van der Waals surface area (Å²) in [5, 5.41) is 0.0383. The van der Waals surface area contributed by atoms with Gasteiger partial charge in [-0.15, -0.1) is 0 Å². The number of benzene rings is 1. The summed E-state index contributed by atoms with van der Waals surface area (Å²) in [4.78, 5) is 1.82. The molecule has 0 saturated carbocycles. The van der Waals surface area contributed by atoms with Gasteiger partial charge >= 0.3 is 0 Å². The van der Waals surface area contributed by atoms with Crippen LogP contribution in [0.2, 0.25) is 5.02 Å². The van der Waals surface area contributed by atoms with Gasteiger partial charge in [0.2, 0.25) is 0 Å². The van der Waals surface area contributed by atoms with Crippen LogP contribution in [0.3, 0.4) is 0 Å². The minimum atomic E-state index is -0.467. The molecule has 0 spiro atoms. The van der Waals surface area contributed by atoms with E-state index in [1.165, 1.54) is 12.1 Å². The third-order valence-corrected chi connectivity index (χ3v) is 2.40. The van der Waals surface area contributed by atoms with Crippen molar-refractivity contribution in [3.05, 3.63) is 23.0 Å². The number of methoxy groups -OCH3 is 1. The van der Waals surface area contributed by atoms with Crippen molar-refractivity contribution in [1.29, 1.82) is 0 Å². The van der Waals surface area contributed by atoms with E-state index < -0.39 is 5.82 Å². The maximum atomic E-state index is 13.2. The average molecular weight is 233 g/mol. The number of nitrogens with two attached hydrogens (primary N) is 1. The van der Waals surface area contributed by atoms with Gasteiger partial charge < -0.3 is 15.4 Å². The lowest BCUT2D eigenvalue weighted by atomic mass is 10.2. The Morgan fingerprint density at radius 3 is 2.80 bits per heavy atom. The molecular weight excluding hydrogens is 219 g/mol. The van der Waals surface area contributed by atoms with E-state index in [-0.39, 0.29) is 5.02 Å². The first kappa shape index (κ1) is 12.1. The van der Waals surface area contributed by atoms with Crippen molar-refractivity contribution < 1.29 is 9.13 Å². The summed E-state index contributed by atoms with van der Waals surface area (Å²) in [5.74, 6) is -0.467. The van der Waals surface area contributed by atoms with Gasteiger partial charge in [0, 0.05) is 26.8 Å². The molecule has 15 heavy (non-hydrogen) atoms. The molecule has 3 nitrogen and oxygen atoms in total. The molecule has 0 aliphatic rings. The number of nitrogen functional groups attached to an aromatic ring is 1. The molecule has 0 radical (unpaired) electrons. The highest BCUT2D eigenvalue weighted by atomic mass is 35.5. The van der Waals surface area contributed by atoms with Gasteiger partial charge in [-0.05, 0) is 6.07 Å². The molecule has 0 unspecified atom stereocenters. The Morgan fingerprint density at radius 2 is 2.20 bits per heavy atom. The topological polar surface area (TPSA) is 38.5 Å². The Morgan fingerprint density at radius 1 is 1.53 bits per heavy atom. The Balaban J connectivity index is 2.88. The Bertz CT molecular complexity index is 346. The standard InChI is InChI=1S/C10H14ClFN2O/c1-14(3-4-15-2)10-6-8(12)7(11)5-9(10)13/h5-6H,3-4,13H2,1-2H3. The second-order valence-electron chi connectivity index (χ2n) is 3.24. The summed E-state index contributed by atoms with van der Waals surface area (Å²) >= 11 is 5.60. The van der Waals surface area contributed by atoms with Gasteiger partial charge in [-0.1, -0.05) is 11.6 Å². The predicted molar refractivity (Wildman–Crippen MR) is 61.0 cm³/mol. The number of hydrogen-bond acceptors (Lipinski definition) is 3. The lowest BCUT2D eigenvalue weighted by molar-refractivity contribution is 0.206. The van der Waals surface area contributed by atoms with Crippen molar-refractivity contribution in [2.45, 2.75) is 0 Å². The van der Waals surface area contributed by atoms with Crippen molar-refractivity contribution in [1.82, 2.24) is 0 Å². The van der Waals surface area contributed by atoms with Crippen molar-refractivity contribution in [2.75, 3.05) is 37.9 Å². The molecular formula is C10H14ClFN2O. The zero-order valence-corrected chi connectivity index (χ0v) is 9.51. The fraction of sp³-hybridized carbons (Fsp3) is 0.400. The summed E-state index contributed by atoms with van der Waals surface area (Å²) in [6, 6.07) is 2.74.